The van der Waals surface area contributed by atoms with E-state index in [1.807, 2.05) is 18.2 Å². The van der Waals surface area contributed by atoms with Gasteiger partial charge in [-0.2, -0.15) is 0 Å². The van der Waals surface area contributed by atoms with E-state index in [1.165, 1.54) is 0 Å². The second-order valence-electron chi connectivity index (χ2n) is 5.68. The number of hydrogen-bond acceptors (Lipinski definition) is 4. The number of urea groups is 1. The summed E-state index contributed by atoms with van der Waals surface area (Å²) >= 11 is 0. The Kier molecular flexibility index (Phi) is 5.92. The Hall–Kier alpha value is -2.41. The minimum atomic E-state index is -3.13. The van der Waals surface area contributed by atoms with E-state index < -0.39 is 15.1 Å². The van der Waals surface area contributed by atoms with Gasteiger partial charge in [0, 0.05) is 11.9 Å². The summed E-state index contributed by atoms with van der Waals surface area (Å²) in [4.78, 5) is 16.0. The van der Waals surface area contributed by atoms with Crippen LogP contribution in [0.3, 0.4) is 0 Å². The maximum atomic E-state index is 11.9. The van der Waals surface area contributed by atoms with E-state index in [2.05, 4.69) is 15.6 Å². The van der Waals surface area contributed by atoms with E-state index in [9.17, 15) is 13.2 Å². The number of anilines is 1. The summed E-state index contributed by atoms with van der Waals surface area (Å²) in [7, 11) is -3.13. The molecule has 2 N–H and O–H groups in total. The molecule has 1 aromatic heterocycles. The zero-order chi connectivity index (χ0) is 17.6. The minimum Gasteiger partial charge on any atom is -0.332 e. The van der Waals surface area contributed by atoms with Crippen LogP contribution in [-0.2, 0) is 22.1 Å². The molecule has 0 saturated heterocycles. The highest BCUT2D eigenvalue weighted by Crippen LogP contribution is 2.14. The number of carbonyl (C=O) groups is 1. The van der Waals surface area contributed by atoms with Crippen molar-refractivity contribution in [3.63, 3.8) is 0 Å². The van der Waals surface area contributed by atoms with Crippen molar-refractivity contribution >= 4 is 21.6 Å². The van der Waals surface area contributed by atoms with Gasteiger partial charge < -0.3 is 10.6 Å². The smallest absolute Gasteiger partial charge is 0.319 e. The highest BCUT2D eigenvalue weighted by Gasteiger charge is 2.16. The monoisotopic (exact) mass is 347 g/mol. The third kappa shape index (κ3) is 5.34. The lowest BCUT2D eigenvalue weighted by Gasteiger charge is -2.10. The average Bonchev–Trinajstić information content (AvgIpc) is 2.55. The topological polar surface area (TPSA) is 88.2 Å². The Morgan fingerprint density at radius 2 is 1.83 bits per heavy atom. The highest BCUT2D eigenvalue weighted by atomic mass is 32.2. The normalized spacial score (nSPS) is 11.3. The van der Waals surface area contributed by atoms with Crippen molar-refractivity contribution in [3.8, 4) is 0 Å². The van der Waals surface area contributed by atoms with Crippen molar-refractivity contribution in [3.05, 3.63) is 59.9 Å². The van der Waals surface area contributed by atoms with Gasteiger partial charge in [-0.3, -0.25) is 4.98 Å². The fourth-order valence-corrected chi connectivity index (χ4v) is 2.92. The van der Waals surface area contributed by atoms with E-state index in [4.69, 9.17) is 0 Å². The molecule has 1 heterocycles. The number of nitrogens with one attached hydrogen (secondary N) is 2. The molecule has 0 bridgehead atoms. The van der Waals surface area contributed by atoms with Crippen LogP contribution in [0.4, 0.5) is 10.5 Å². The number of sulfone groups is 1. The summed E-state index contributed by atoms with van der Waals surface area (Å²) in [6.07, 6.45) is 1.67. The predicted octanol–water partition coefficient (Wildman–Crippen LogP) is 2.73. The third-order valence-electron chi connectivity index (χ3n) is 3.45. The quantitative estimate of drug-likeness (QED) is 0.841. The van der Waals surface area contributed by atoms with Gasteiger partial charge >= 0.3 is 6.03 Å². The molecule has 128 valence electrons. The van der Waals surface area contributed by atoms with Crippen molar-refractivity contribution in [2.24, 2.45) is 0 Å². The lowest BCUT2D eigenvalue weighted by Crippen LogP contribution is -2.28. The molecular weight excluding hydrogens is 326 g/mol. The molecule has 2 rings (SSSR count). The number of benzene rings is 1. The van der Waals surface area contributed by atoms with Crippen LogP contribution in [-0.4, -0.2) is 24.7 Å². The molecule has 0 atom stereocenters. The number of rotatable bonds is 6. The maximum absolute atomic E-state index is 11.9. The van der Waals surface area contributed by atoms with Gasteiger partial charge in [0.1, 0.15) is 0 Å². The Morgan fingerprint density at radius 1 is 1.12 bits per heavy atom. The van der Waals surface area contributed by atoms with Crippen molar-refractivity contribution < 1.29 is 13.2 Å². The van der Waals surface area contributed by atoms with Crippen LogP contribution < -0.4 is 10.6 Å². The molecule has 1 aromatic carbocycles. The van der Waals surface area contributed by atoms with Gasteiger partial charge in [-0.1, -0.05) is 18.2 Å². The van der Waals surface area contributed by atoms with E-state index in [0.29, 0.717) is 17.8 Å². The Bertz CT molecular complexity index is 772. The van der Waals surface area contributed by atoms with Crippen molar-refractivity contribution in [2.75, 3.05) is 5.32 Å². The largest absolute Gasteiger partial charge is 0.332 e. The van der Waals surface area contributed by atoms with Crippen LogP contribution in [0.15, 0.2) is 48.7 Å². The number of nitrogens with zero attached hydrogens (tertiary/aromatic N) is 1. The van der Waals surface area contributed by atoms with Crippen LogP contribution in [0.1, 0.15) is 25.1 Å². The van der Waals surface area contributed by atoms with Crippen molar-refractivity contribution in [1.29, 1.82) is 0 Å². The summed E-state index contributed by atoms with van der Waals surface area (Å²) in [5.41, 5.74) is 2.06. The first-order chi connectivity index (χ1) is 11.4. The first-order valence-electron chi connectivity index (χ1n) is 7.62. The molecule has 24 heavy (non-hydrogen) atoms. The lowest BCUT2D eigenvalue weighted by atomic mass is 10.2. The molecule has 0 spiro atoms. The van der Waals surface area contributed by atoms with Gasteiger partial charge in [0.2, 0.25) is 0 Å². The molecule has 2 amide bonds. The summed E-state index contributed by atoms with van der Waals surface area (Å²) < 4.78 is 23.8. The molecule has 0 radical (unpaired) electrons. The van der Waals surface area contributed by atoms with Crippen molar-refractivity contribution in [2.45, 2.75) is 31.4 Å². The number of carbonyl (C=O) groups excluding carboxylic acids is 1. The Balaban J connectivity index is 1.88. The third-order valence-corrected chi connectivity index (χ3v) is 5.63. The zero-order valence-electron chi connectivity index (χ0n) is 13.7. The van der Waals surface area contributed by atoms with Crippen LogP contribution in [0.5, 0.6) is 0 Å². The van der Waals surface area contributed by atoms with Crippen LogP contribution in [0, 0.1) is 0 Å². The Morgan fingerprint density at radius 3 is 2.42 bits per heavy atom. The van der Waals surface area contributed by atoms with Gasteiger partial charge in [0.05, 0.1) is 23.2 Å². The zero-order valence-corrected chi connectivity index (χ0v) is 14.5. The predicted molar refractivity (Wildman–Crippen MR) is 94.3 cm³/mol. The molecule has 0 aliphatic heterocycles. The number of amides is 2. The highest BCUT2D eigenvalue weighted by molar-refractivity contribution is 7.91. The van der Waals surface area contributed by atoms with E-state index >= 15 is 0 Å². The number of hydrogen-bond donors (Lipinski definition) is 2. The fraction of sp³-hybridized carbons (Fsp3) is 0.294. The van der Waals surface area contributed by atoms with Gasteiger partial charge in [-0.15, -0.1) is 0 Å². The SMILES string of the molecule is CC(C)S(=O)(=O)Cc1ccc(NC(=O)NCc2ccccn2)cc1. The summed E-state index contributed by atoms with van der Waals surface area (Å²) in [5, 5.41) is 4.99. The minimum absolute atomic E-state index is 0.00316. The molecule has 6 nitrogen and oxygen atoms in total. The standard InChI is InChI=1S/C17H21N3O3S/c1-13(2)24(22,23)12-14-6-8-15(9-7-14)20-17(21)19-11-16-5-3-4-10-18-16/h3-10,13H,11-12H2,1-2H3,(H2,19,20,21). The molecule has 0 unspecified atom stereocenters. The van der Waals surface area contributed by atoms with Gasteiger partial charge in [-0.25, -0.2) is 13.2 Å². The molecule has 2 aromatic rings. The summed E-state index contributed by atoms with van der Waals surface area (Å²) in [6, 6.07) is 11.9. The van der Waals surface area contributed by atoms with E-state index in [-0.39, 0.29) is 11.8 Å². The maximum Gasteiger partial charge on any atom is 0.319 e. The van der Waals surface area contributed by atoms with Crippen LogP contribution in [0.2, 0.25) is 0 Å². The first kappa shape index (κ1) is 17.9. The first-order valence-corrected chi connectivity index (χ1v) is 9.33. The van der Waals surface area contributed by atoms with Gasteiger partial charge in [0.25, 0.3) is 0 Å². The van der Waals surface area contributed by atoms with E-state index in [0.717, 1.165) is 5.69 Å². The number of pyridine rings is 1. The van der Waals surface area contributed by atoms with Gasteiger partial charge in [0.15, 0.2) is 9.84 Å². The van der Waals surface area contributed by atoms with E-state index in [1.54, 1.807) is 44.3 Å². The summed E-state index contributed by atoms with van der Waals surface area (Å²) in [6.45, 7) is 3.66. The molecule has 0 saturated carbocycles. The van der Waals surface area contributed by atoms with Crippen molar-refractivity contribution in [1.82, 2.24) is 10.3 Å². The second-order valence-corrected chi connectivity index (χ2v) is 8.24. The van der Waals surface area contributed by atoms with Crippen LogP contribution in [0.25, 0.3) is 0 Å². The molecule has 0 fully saturated rings. The second kappa shape index (κ2) is 7.92. The average molecular weight is 347 g/mol. The lowest BCUT2D eigenvalue weighted by molar-refractivity contribution is 0.251. The molecule has 0 aliphatic rings. The molecule has 7 heteroatoms. The fourth-order valence-electron chi connectivity index (χ4n) is 1.93. The number of aromatic nitrogens is 1. The Labute approximate surface area is 142 Å². The molecule has 0 aliphatic carbocycles. The molecular formula is C17H21N3O3S. The van der Waals surface area contributed by atoms with Crippen LogP contribution >= 0.6 is 0 Å². The summed E-state index contributed by atoms with van der Waals surface area (Å²) in [5.74, 6) is -0.00316. The van der Waals surface area contributed by atoms with Gasteiger partial charge in [-0.05, 0) is 43.7 Å².